The van der Waals surface area contributed by atoms with Crippen LogP contribution in [0.4, 0.5) is 0 Å². The number of rotatable bonds is 0. The molecule has 0 amide bonds. The minimum Gasteiger partial charge on any atom is -1.00 e. The van der Waals surface area contributed by atoms with Crippen LogP contribution in [-0.2, 0) is 0 Å². The smallest absolute Gasteiger partial charge is 1.00 e. The third-order valence-electron chi connectivity index (χ3n) is 0. The largest absolute Gasteiger partial charge is 2.00 e. The minimum absolute atomic E-state index is 0. The summed E-state index contributed by atoms with van der Waals surface area (Å²) in [7, 11) is 0. The summed E-state index contributed by atoms with van der Waals surface area (Å²) in [6.07, 6.45) is 0. The average Bonchev–Trinajstić information content (AvgIpc) is 0. The van der Waals surface area contributed by atoms with E-state index in [-0.39, 0.29) is 143 Å². The standard InChI is InChI=1S/Al.Ba.Mg.Sr.9H/q;3*+2;;;;6*-1. The molecule has 4 heteroatoms. The van der Waals surface area contributed by atoms with Gasteiger partial charge in [-0.3, -0.25) is 0 Å². The van der Waals surface area contributed by atoms with Crippen LogP contribution in [0, 0.1) is 0 Å². The van der Waals surface area contributed by atoms with E-state index in [1.807, 2.05) is 0 Å². The van der Waals surface area contributed by atoms with Crippen molar-refractivity contribution in [3.63, 3.8) is 0 Å². The Balaban J connectivity index is 0. The molecule has 18 valence electrons. The van der Waals surface area contributed by atoms with Gasteiger partial charge in [0.05, 0.1) is 0 Å². The Labute approximate surface area is 139 Å². The van der Waals surface area contributed by atoms with Crippen molar-refractivity contribution in [3.8, 4) is 0 Å². The van der Waals surface area contributed by atoms with Crippen molar-refractivity contribution < 1.29 is 8.56 Å². The molecule has 0 nitrogen and oxygen atoms in total. The Morgan fingerprint density at radius 2 is 1.25 bits per heavy atom. The van der Waals surface area contributed by atoms with Gasteiger partial charge in [-0.2, -0.15) is 0 Å². The quantitative estimate of drug-likeness (QED) is 0.468. The van der Waals surface area contributed by atoms with Crippen molar-refractivity contribution in [3.05, 3.63) is 0 Å². The molecule has 0 unspecified atom stereocenters. The third-order valence-corrected chi connectivity index (χ3v) is 0. The molecule has 0 heterocycles. The first kappa shape index (κ1) is 23.8. The zero-order chi connectivity index (χ0) is 0. The van der Waals surface area contributed by atoms with Crippen LogP contribution in [0.1, 0.15) is 8.56 Å². The zero-order valence-electron chi connectivity index (χ0n) is 8.12. The van der Waals surface area contributed by atoms with Gasteiger partial charge in [0.25, 0.3) is 0 Å². The molecule has 0 aliphatic heterocycles. The molecule has 0 bridgehead atoms. The van der Waals surface area contributed by atoms with E-state index in [1.54, 1.807) is 0 Å². The van der Waals surface area contributed by atoms with Crippen LogP contribution in [0.5, 0.6) is 0 Å². The van der Waals surface area contributed by atoms with Gasteiger partial charge in [-0.15, -0.1) is 0 Å². The summed E-state index contributed by atoms with van der Waals surface area (Å²) in [6.45, 7) is 0. The number of hydrogen-bond donors (Lipinski definition) is 0. The minimum atomic E-state index is 0. The van der Waals surface area contributed by atoms with Gasteiger partial charge < -0.3 is 8.56 Å². The predicted molar refractivity (Wildman–Crippen MR) is 33.9 cm³/mol. The fraction of sp³-hybridized carbons (Fsp3) is 0. The van der Waals surface area contributed by atoms with E-state index < -0.39 is 0 Å². The summed E-state index contributed by atoms with van der Waals surface area (Å²) in [5, 5.41) is 0. The van der Waals surface area contributed by atoms with E-state index in [0.717, 1.165) is 0 Å². The van der Waals surface area contributed by atoms with E-state index >= 15 is 0 Å². The molecule has 4 heavy (non-hydrogen) atoms. The van der Waals surface area contributed by atoms with E-state index in [9.17, 15) is 0 Å². The van der Waals surface area contributed by atoms with Gasteiger partial charge in [0.15, 0.2) is 17.4 Å². The molecule has 0 aliphatic rings. The van der Waals surface area contributed by atoms with Crippen LogP contribution in [0.2, 0.25) is 0 Å². The van der Waals surface area contributed by atoms with E-state index in [2.05, 4.69) is 0 Å². The van der Waals surface area contributed by atoms with Crippen LogP contribution in [0.3, 0.4) is 0 Å². The molecule has 0 aromatic rings. The number of hydrogen-bond acceptors (Lipinski definition) is 0. The van der Waals surface area contributed by atoms with Gasteiger partial charge in [-0.05, 0) is 0 Å². The normalized spacial score (nSPS) is 0. The maximum Gasteiger partial charge on any atom is 2.00 e. The molecule has 0 saturated heterocycles. The van der Waals surface area contributed by atoms with Crippen LogP contribution >= 0.6 is 0 Å². The van der Waals surface area contributed by atoms with Gasteiger partial charge in [0.1, 0.15) is 0 Å². The SMILES string of the molecule is [AlH3].[Ba+2].[H-].[H-].[H-].[H-].[H-].[H-].[Mg+2].[Sr+2]. The summed E-state index contributed by atoms with van der Waals surface area (Å²) >= 11 is 0. The molecule has 0 saturated carbocycles. The van der Waals surface area contributed by atoms with Crippen molar-refractivity contribution in [1.29, 1.82) is 0 Å². The first-order valence-electron chi connectivity index (χ1n) is 0. The van der Waals surface area contributed by atoms with Crippen molar-refractivity contribution in [1.82, 2.24) is 0 Å². The maximum absolute atomic E-state index is 0. The summed E-state index contributed by atoms with van der Waals surface area (Å²) in [6, 6.07) is 0. The first-order valence-corrected chi connectivity index (χ1v) is 0. The fourth-order valence-electron chi connectivity index (χ4n) is 0. The summed E-state index contributed by atoms with van der Waals surface area (Å²) < 4.78 is 0. The second kappa shape index (κ2) is 15.7. The Morgan fingerprint density at radius 3 is 1.25 bits per heavy atom. The maximum atomic E-state index is 0. The molecule has 0 radical (unpaired) electrons. The van der Waals surface area contributed by atoms with Crippen molar-refractivity contribution >= 4 is 135 Å². The van der Waals surface area contributed by atoms with Gasteiger partial charge >= 0.3 is 117 Å². The second-order valence-electron chi connectivity index (χ2n) is 0. The van der Waals surface area contributed by atoms with E-state index in [4.69, 9.17) is 0 Å². The van der Waals surface area contributed by atoms with Gasteiger partial charge in [-0.25, -0.2) is 0 Å². The molecular weight excluding hydrogens is 276 g/mol. The summed E-state index contributed by atoms with van der Waals surface area (Å²) in [5.41, 5.74) is 0. The van der Waals surface area contributed by atoms with E-state index in [0.29, 0.717) is 0 Å². The topological polar surface area (TPSA) is 0 Å². The third kappa shape index (κ3) is 9.61. The molecular formula is H9AlBaMgSr. The average molecular weight is 285 g/mol. The van der Waals surface area contributed by atoms with Crippen LogP contribution in [0.25, 0.3) is 0 Å². The predicted octanol–water partition coefficient (Wildman–Crippen LogP) is -1.65. The molecule has 0 atom stereocenters. The fourth-order valence-corrected chi connectivity index (χ4v) is 0. The second-order valence-corrected chi connectivity index (χ2v) is 0. The summed E-state index contributed by atoms with van der Waals surface area (Å²) in [4.78, 5) is 0. The molecule has 0 rings (SSSR count). The van der Waals surface area contributed by atoms with Crippen LogP contribution in [0.15, 0.2) is 0 Å². The molecule has 0 aromatic carbocycles. The van der Waals surface area contributed by atoms with Gasteiger partial charge in [0, 0.05) is 0 Å². The Morgan fingerprint density at radius 1 is 1.25 bits per heavy atom. The Bertz CT molecular complexity index is 17.7. The zero-order valence-corrected chi connectivity index (χ0v) is 11.5. The Kier molecular flexibility index (Phi) is 93.3. The van der Waals surface area contributed by atoms with Crippen molar-refractivity contribution in [2.24, 2.45) is 0 Å². The monoisotopic (exact) mass is 286 g/mol. The first-order chi connectivity index (χ1) is 0. The Hall–Kier alpha value is 4.35. The van der Waals surface area contributed by atoms with Crippen LogP contribution in [-0.4, -0.2) is 135 Å². The summed E-state index contributed by atoms with van der Waals surface area (Å²) in [5.74, 6) is 0. The van der Waals surface area contributed by atoms with Crippen molar-refractivity contribution in [2.75, 3.05) is 0 Å². The van der Waals surface area contributed by atoms with Gasteiger partial charge in [0.2, 0.25) is 0 Å². The molecule has 0 aliphatic carbocycles. The molecule has 0 spiro atoms. The van der Waals surface area contributed by atoms with E-state index in [1.165, 1.54) is 0 Å². The molecule has 0 fully saturated rings. The molecule has 0 N–H and O–H groups in total. The van der Waals surface area contributed by atoms with Gasteiger partial charge in [-0.1, -0.05) is 0 Å². The molecule has 0 aromatic heterocycles. The van der Waals surface area contributed by atoms with Crippen LogP contribution < -0.4 is 0 Å². The van der Waals surface area contributed by atoms with Crippen molar-refractivity contribution in [2.45, 2.75) is 0 Å².